The number of hydrogen-bond donors (Lipinski definition) is 0. The zero-order valence-corrected chi connectivity index (χ0v) is 5.60. The Hall–Kier alpha value is -0.160. The SMILES string of the molecule is O=PC1CC=CCC1. The zero-order chi connectivity index (χ0) is 5.82. The first kappa shape index (κ1) is 5.97. The second kappa shape index (κ2) is 2.99. The highest BCUT2D eigenvalue weighted by Crippen LogP contribution is 2.21. The van der Waals surface area contributed by atoms with Crippen LogP contribution in [0.3, 0.4) is 0 Å². The van der Waals surface area contributed by atoms with Gasteiger partial charge in [0.2, 0.25) is 0 Å². The van der Waals surface area contributed by atoms with Crippen molar-refractivity contribution in [3.63, 3.8) is 0 Å². The van der Waals surface area contributed by atoms with Crippen molar-refractivity contribution in [2.45, 2.75) is 24.9 Å². The maximum atomic E-state index is 10.2. The molecule has 44 valence electrons. The normalized spacial score (nSPS) is 28.8. The Balaban J connectivity index is 2.37. The summed E-state index contributed by atoms with van der Waals surface area (Å²) >= 11 is 0. The fraction of sp³-hybridized carbons (Fsp3) is 0.667. The van der Waals surface area contributed by atoms with Gasteiger partial charge in [-0.1, -0.05) is 12.2 Å². The molecule has 0 aromatic heterocycles. The van der Waals surface area contributed by atoms with E-state index >= 15 is 0 Å². The molecule has 8 heavy (non-hydrogen) atoms. The van der Waals surface area contributed by atoms with Gasteiger partial charge < -0.3 is 0 Å². The molecule has 1 aliphatic rings. The van der Waals surface area contributed by atoms with Gasteiger partial charge in [0.05, 0.1) is 0 Å². The molecule has 0 bridgehead atoms. The van der Waals surface area contributed by atoms with Gasteiger partial charge in [0, 0.05) is 5.66 Å². The third-order valence-corrected chi connectivity index (χ3v) is 2.16. The van der Waals surface area contributed by atoms with Crippen LogP contribution in [-0.2, 0) is 4.57 Å². The predicted molar refractivity (Wildman–Crippen MR) is 34.4 cm³/mol. The quantitative estimate of drug-likeness (QED) is 0.391. The van der Waals surface area contributed by atoms with Crippen LogP contribution in [0.2, 0.25) is 0 Å². The third kappa shape index (κ3) is 1.41. The van der Waals surface area contributed by atoms with Gasteiger partial charge in [0.15, 0.2) is 8.46 Å². The molecule has 1 aliphatic carbocycles. The smallest absolute Gasteiger partial charge is 0.158 e. The third-order valence-electron chi connectivity index (χ3n) is 1.39. The molecule has 0 aromatic carbocycles. The van der Waals surface area contributed by atoms with E-state index in [0.29, 0.717) is 14.1 Å². The first-order valence-electron chi connectivity index (χ1n) is 2.91. The minimum Gasteiger partial charge on any atom is -0.275 e. The lowest BCUT2D eigenvalue weighted by Crippen LogP contribution is -1.98. The molecule has 0 radical (unpaired) electrons. The molecule has 1 rings (SSSR count). The van der Waals surface area contributed by atoms with Crippen LogP contribution in [0, 0.1) is 0 Å². The van der Waals surface area contributed by atoms with Gasteiger partial charge in [-0.15, -0.1) is 0 Å². The number of rotatable bonds is 1. The molecule has 0 saturated carbocycles. The Morgan fingerprint density at radius 1 is 1.50 bits per heavy atom. The van der Waals surface area contributed by atoms with Crippen molar-refractivity contribution in [2.75, 3.05) is 0 Å². The fourth-order valence-corrected chi connectivity index (χ4v) is 1.34. The van der Waals surface area contributed by atoms with Crippen molar-refractivity contribution in [3.8, 4) is 0 Å². The molecule has 0 spiro atoms. The molecule has 0 amide bonds. The average molecular weight is 128 g/mol. The molecule has 0 saturated heterocycles. The largest absolute Gasteiger partial charge is 0.275 e. The number of allylic oxidation sites excluding steroid dienone is 2. The van der Waals surface area contributed by atoms with Crippen LogP contribution in [0.25, 0.3) is 0 Å². The van der Waals surface area contributed by atoms with Gasteiger partial charge >= 0.3 is 0 Å². The van der Waals surface area contributed by atoms with Crippen LogP contribution < -0.4 is 0 Å². The lowest BCUT2D eigenvalue weighted by atomic mass is 10.1. The summed E-state index contributed by atoms with van der Waals surface area (Å²) in [7, 11) is 0.325. The standard InChI is InChI=1S/C6H9OP/c7-8-6-4-2-1-3-5-6/h1-2,6H,3-5H2. The van der Waals surface area contributed by atoms with Crippen molar-refractivity contribution in [1.82, 2.24) is 0 Å². The minimum absolute atomic E-state index is 0.325. The second-order valence-corrected chi connectivity index (χ2v) is 2.98. The first-order chi connectivity index (χ1) is 3.93. The maximum Gasteiger partial charge on any atom is 0.158 e. The highest BCUT2D eigenvalue weighted by molar-refractivity contribution is 7.24. The van der Waals surface area contributed by atoms with E-state index in [4.69, 9.17) is 0 Å². The van der Waals surface area contributed by atoms with E-state index in [1.54, 1.807) is 0 Å². The molecule has 1 unspecified atom stereocenters. The van der Waals surface area contributed by atoms with Crippen molar-refractivity contribution >= 4 is 8.46 Å². The summed E-state index contributed by atoms with van der Waals surface area (Å²) in [5, 5.41) is 0. The van der Waals surface area contributed by atoms with Gasteiger partial charge in [-0.25, -0.2) is 0 Å². The Morgan fingerprint density at radius 2 is 2.38 bits per heavy atom. The van der Waals surface area contributed by atoms with E-state index in [9.17, 15) is 4.57 Å². The molecule has 0 fully saturated rings. The minimum atomic E-state index is 0.325. The Kier molecular flexibility index (Phi) is 2.23. The van der Waals surface area contributed by atoms with Gasteiger partial charge in [-0.05, 0) is 19.3 Å². The monoisotopic (exact) mass is 128 g/mol. The molecular formula is C6H9OP. The van der Waals surface area contributed by atoms with Crippen LogP contribution in [0.5, 0.6) is 0 Å². The van der Waals surface area contributed by atoms with Crippen molar-refractivity contribution < 1.29 is 4.57 Å². The zero-order valence-electron chi connectivity index (χ0n) is 4.71. The Bertz CT molecular complexity index is 109. The summed E-state index contributed by atoms with van der Waals surface area (Å²) in [6, 6.07) is 0. The molecule has 0 N–H and O–H groups in total. The molecule has 1 nitrogen and oxygen atoms in total. The predicted octanol–water partition coefficient (Wildman–Crippen LogP) is 2.39. The van der Waals surface area contributed by atoms with E-state index in [2.05, 4.69) is 12.2 Å². The van der Waals surface area contributed by atoms with E-state index < -0.39 is 0 Å². The van der Waals surface area contributed by atoms with E-state index in [1.165, 1.54) is 0 Å². The molecule has 0 aromatic rings. The summed E-state index contributed by atoms with van der Waals surface area (Å²) in [5.74, 6) is 0. The highest BCUT2D eigenvalue weighted by atomic mass is 31.1. The highest BCUT2D eigenvalue weighted by Gasteiger charge is 2.07. The van der Waals surface area contributed by atoms with Gasteiger partial charge in [-0.3, -0.25) is 4.57 Å². The summed E-state index contributed by atoms with van der Waals surface area (Å²) in [6.07, 6.45) is 7.48. The topological polar surface area (TPSA) is 17.1 Å². The Labute approximate surface area is 51.0 Å². The van der Waals surface area contributed by atoms with Crippen LogP contribution in [0.15, 0.2) is 12.2 Å². The van der Waals surface area contributed by atoms with Crippen LogP contribution in [-0.4, -0.2) is 5.66 Å². The Morgan fingerprint density at radius 3 is 2.75 bits per heavy atom. The summed E-state index contributed by atoms with van der Waals surface area (Å²) in [4.78, 5) is 0. The lowest BCUT2D eigenvalue weighted by molar-refractivity contribution is 0.583. The van der Waals surface area contributed by atoms with Crippen LogP contribution in [0.1, 0.15) is 19.3 Å². The average Bonchev–Trinajstić information content (AvgIpc) is 1.90. The van der Waals surface area contributed by atoms with E-state index in [1.807, 2.05) is 0 Å². The molecular weight excluding hydrogens is 119 g/mol. The van der Waals surface area contributed by atoms with Crippen molar-refractivity contribution in [3.05, 3.63) is 12.2 Å². The molecule has 0 aliphatic heterocycles. The van der Waals surface area contributed by atoms with Crippen LogP contribution in [0.4, 0.5) is 0 Å². The molecule has 2 heteroatoms. The summed E-state index contributed by atoms with van der Waals surface area (Å²) < 4.78 is 10.2. The lowest BCUT2D eigenvalue weighted by Gasteiger charge is -2.07. The van der Waals surface area contributed by atoms with Gasteiger partial charge in [-0.2, -0.15) is 0 Å². The van der Waals surface area contributed by atoms with Gasteiger partial charge in [0.25, 0.3) is 0 Å². The summed E-state index contributed by atoms with van der Waals surface area (Å²) in [5.41, 5.74) is 0.417. The summed E-state index contributed by atoms with van der Waals surface area (Å²) in [6.45, 7) is 0. The van der Waals surface area contributed by atoms with Crippen LogP contribution >= 0.6 is 8.46 Å². The maximum absolute atomic E-state index is 10.2. The molecule has 1 atom stereocenters. The fourth-order valence-electron chi connectivity index (χ4n) is 0.873. The van der Waals surface area contributed by atoms with Crippen molar-refractivity contribution in [1.29, 1.82) is 0 Å². The number of hydrogen-bond acceptors (Lipinski definition) is 1. The van der Waals surface area contributed by atoms with E-state index in [0.717, 1.165) is 19.3 Å². The first-order valence-corrected chi connectivity index (χ1v) is 3.79. The second-order valence-electron chi connectivity index (χ2n) is 2.04. The van der Waals surface area contributed by atoms with E-state index in [-0.39, 0.29) is 0 Å². The van der Waals surface area contributed by atoms with Crippen molar-refractivity contribution in [2.24, 2.45) is 0 Å². The van der Waals surface area contributed by atoms with Gasteiger partial charge in [0.1, 0.15) is 0 Å². The molecule has 0 heterocycles.